The molecule has 1 atom stereocenters. The summed E-state index contributed by atoms with van der Waals surface area (Å²) >= 11 is 7.18. The number of imidazole rings is 1. The Labute approximate surface area is 348 Å². The van der Waals surface area contributed by atoms with E-state index in [1.807, 2.05) is 82.3 Å². The van der Waals surface area contributed by atoms with E-state index in [2.05, 4.69) is 22.2 Å². The second-order valence-electron chi connectivity index (χ2n) is 13.3. The summed E-state index contributed by atoms with van der Waals surface area (Å²) in [4.78, 5) is 65.5. The number of carbonyl (C=O) groups is 4. The predicted molar refractivity (Wildman–Crippen MR) is 218 cm³/mol. The summed E-state index contributed by atoms with van der Waals surface area (Å²) in [5, 5.41) is 33.9. The molecule has 0 radical (unpaired) electrons. The zero-order chi connectivity index (χ0) is 42.9. The van der Waals surface area contributed by atoms with E-state index in [0.717, 1.165) is 16.0 Å². The van der Waals surface area contributed by atoms with Crippen LogP contribution in [0.3, 0.4) is 0 Å². The van der Waals surface area contributed by atoms with Crippen LogP contribution in [0.4, 0.5) is 27.9 Å². The van der Waals surface area contributed by atoms with Gasteiger partial charge in [0.15, 0.2) is 17.2 Å². The molecule has 3 heterocycles. The Morgan fingerprint density at radius 1 is 0.967 bits per heavy atom. The Bertz CT molecular complexity index is 2470. The average molecular weight is 832 g/mol. The van der Waals surface area contributed by atoms with Gasteiger partial charge < -0.3 is 30.1 Å². The van der Waals surface area contributed by atoms with E-state index in [9.17, 15) is 29.7 Å². The summed E-state index contributed by atoms with van der Waals surface area (Å²) in [5.74, 6) is -3.14. The number of nitriles is 2. The fraction of sp³-hybridized carbons (Fsp3) is 0.244. The first-order valence-electron chi connectivity index (χ1n) is 18.5. The molecule has 1 fully saturated rings. The summed E-state index contributed by atoms with van der Waals surface area (Å²) in [6, 6.07) is 25.4. The topological polar surface area (TPSA) is 237 Å². The molecule has 18 nitrogen and oxygen atoms in total. The van der Waals surface area contributed by atoms with Gasteiger partial charge in [0.05, 0.1) is 46.3 Å². The first-order valence-corrected chi connectivity index (χ1v) is 18.9. The number of benzene rings is 3. The molecule has 2 amide bonds. The Balaban J connectivity index is 1.52. The SMILES string of the molecule is CCN(c1nc(N(C(=O)OCOC(=O)/C=C/C(=O)O)c2cc(C#N)cc(N3CCN([C@@H](C)C(N)=O)CC3)c2Cl)nn2c(C#N)cnc12)C(c1ccccc1)c1ccccc1. The molecule has 5 aromatic rings. The van der Waals surface area contributed by atoms with E-state index >= 15 is 0 Å². The lowest BCUT2D eigenvalue weighted by Gasteiger charge is -2.38. The number of amides is 2. The van der Waals surface area contributed by atoms with Crippen LogP contribution in [0.2, 0.25) is 5.02 Å². The van der Waals surface area contributed by atoms with Crippen molar-refractivity contribution in [3.63, 3.8) is 0 Å². The number of aliphatic carboxylic acids is 1. The third kappa shape index (κ3) is 9.10. The van der Waals surface area contributed by atoms with Gasteiger partial charge in [-0.15, -0.1) is 5.10 Å². The van der Waals surface area contributed by atoms with Crippen molar-refractivity contribution < 1.29 is 33.8 Å². The number of nitrogens with zero attached hydrogens (tertiary/aromatic N) is 10. The van der Waals surface area contributed by atoms with Crippen molar-refractivity contribution >= 4 is 64.3 Å². The monoisotopic (exact) mass is 831 g/mol. The van der Waals surface area contributed by atoms with E-state index in [0.29, 0.717) is 50.6 Å². The molecule has 1 aliphatic heterocycles. The average Bonchev–Trinajstić information content (AvgIpc) is 3.69. The van der Waals surface area contributed by atoms with E-state index < -0.39 is 42.8 Å². The Morgan fingerprint density at radius 3 is 2.18 bits per heavy atom. The number of halogens is 1. The van der Waals surface area contributed by atoms with Crippen LogP contribution in [0.15, 0.2) is 91.1 Å². The van der Waals surface area contributed by atoms with Gasteiger partial charge in [0.25, 0.3) is 5.95 Å². The van der Waals surface area contributed by atoms with Crippen LogP contribution in [0.1, 0.15) is 42.3 Å². The summed E-state index contributed by atoms with van der Waals surface area (Å²) in [7, 11) is 0. The number of hydrogen-bond acceptors (Lipinski definition) is 14. The van der Waals surface area contributed by atoms with Crippen molar-refractivity contribution in [1.82, 2.24) is 24.5 Å². The van der Waals surface area contributed by atoms with Gasteiger partial charge in [-0.05, 0) is 37.1 Å². The highest BCUT2D eigenvalue weighted by atomic mass is 35.5. The molecule has 306 valence electrons. The number of carboxylic acid groups (broad SMARTS) is 1. The smallest absolute Gasteiger partial charge is 0.424 e. The maximum absolute atomic E-state index is 14.4. The van der Waals surface area contributed by atoms with E-state index in [1.54, 1.807) is 13.0 Å². The lowest BCUT2D eigenvalue weighted by atomic mass is 9.97. The number of esters is 1. The number of hydrogen-bond donors (Lipinski definition) is 2. The van der Waals surface area contributed by atoms with Crippen LogP contribution in [-0.4, -0.2) is 99.1 Å². The molecule has 0 saturated carbocycles. The third-order valence-electron chi connectivity index (χ3n) is 9.75. The number of ether oxygens (including phenoxy) is 2. The van der Waals surface area contributed by atoms with Crippen molar-refractivity contribution in [2.45, 2.75) is 25.9 Å². The van der Waals surface area contributed by atoms with Crippen molar-refractivity contribution in [3.05, 3.63) is 119 Å². The highest BCUT2D eigenvalue weighted by molar-refractivity contribution is 6.36. The minimum atomic E-state index is -1.40. The number of rotatable bonds is 14. The first kappa shape index (κ1) is 42.1. The van der Waals surface area contributed by atoms with Gasteiger partial charge in [-0.1, -0.05) is 72.3 Å². The molecule has 0 aliphatic carbocycles. The van der Waals surface area contributed by atoms with E-state index in [-0.39, 0.29) is 39.4 Å². The standard InChI is InChI=1S/C41H38ClN11O7/c1-3-51(36(28-10-6-4-7-11-28)29-12-8-5-9-13-29)39-38-46-24-30(23-44)53(38)48-40(47-39)52(41(58)60-25-59-34(56)15-14-33(54)55)32-21-27(22-43)20-31(35(32)42)50-18-16-49(17-19-50)26(2)37(45)57/h4-15,20-21,24,26,36H,3,16-19,25H2,1-2H3,(H2,45,57)(H,54,55)/b15-14+/t26-/m0/s1. The van der Waals surface area contributed by atoms with Crippen LogP contribution in [0, 0.1) is 22.7 Å². The molecule has 19 heteroatoms. The molecule has 1 aliphatic rings. The fourth-order valence-corrected chi connectivity index (χ4v) is 7.07. The Kier molecular flexibility index (Phi) is 13.2. The van der Waals surface area contributed by atoms with Crippen molar-refractivity contribution in [3.8, 4) is 12.1 Å². The van der Waals surface area contributed by atoms with Crippen LogP contribution in [-0.2, 0) is 23.9 Å². The fourth-order valence-electron chi connectivity index (χ4n) is 6.76. The van der Waals surface area contributed by atoms with Gasteiger partial charge in [0.1, 0.15) is 6.07 Å². The number of anilines is 4. The summed E-state index contributed by atoms with van der Waals surface area (Å²) < 4.78 is 11.6. The maximum atomic E-state index is 14.4. The third-order valence-corrected chi connectivity index (χ3v) is 10.1. The van der Waals surface area contributed by atoms with Crippen molar-refractivity contribution in [2.75, 3.05) is 54.2 Å². The Hall–Kier alpha value is -7.54. The molecule has 2 aromatic heterocycles. The molecule has 0 spiro atoms. The number of nitrogens with two attached hydrogens (primary N) is 1. The zero-order valence-corrected chi connectivity index (χ0v) is 33.1. The van der Waals surface area contributed by atoms with Crippen molar-refractivity contribution in [2.24, 2.45) is 5.73 Å². The number of carboxylic acids is 1. The number of fused-ring (bicyclic) bond motifs is 1. The number of carbonyl (C=O) groups excluding carboxylic acids is 3. The van der Waals surface area contributed by atoms with Crippen LogP contribution >= 0.6 is 11.6 Å². The van der Waals surface area contributed by atoms with Gasteiger partial charge in [-0.2, -0.15) is 20.0 Å². The molecular formula is C41H38ClN11O7. The Morgan fingerprint density at radius 2 is 1.62 bits per heavy atom. The van der Waals surface area contributed by atoms with Gasteiger partial charge in [0, 0.05) is 44.9 Å². The summed E-state index contributed by atoms with van der Waals surface area (Å²) in [6.45, 7) is 4.59. The highest BCUT2D eigenvalue weighted by Gasteiger charge is 2.34. The minimum absolute atomic E-state index is 0.00462. The number of primary amides is 1. The van der Waals surface area contributed by atoms with E-state index in [1.165, 1.54) is 16.8 Å². The maximum Gasteiger partial charge on any atom is 0.424 e. The largest absolute Gasteiger partial charge is 0.478 e. The van der Waals surface area contributed by atoms with Gasteiger partial charge >= 0.3 is 18.0 Å². The van der Waals surface area contributed by atoms with Crippen LogP contribution < -0.4 is 20.4 Å². The minimum Gasteiger partial charge on any atom is -0.478 e. The van der Waals surface area contributed by atoms with Gasteiger partial charge in [-0.25, -0.2) is 24.3 Å². The second kappa shape index (κ2) is 18.8. The second-order valence-corrected chi connectivity index (χ2v) is 13.7. The lowest BCUT2D eigenvalue weighted by Crippen LogP contribution is -2.53. The van der Waals surface area contributed by atoms with E-state index in [4.69, 9.17) is 36.9 Å². The molecule has 0 unspecified atom stereocenters. The molecule has 6 rings (SSSR count). The summed E-state index contributed by atoms with van der Waals surface area (Å²) in [5.41, 5.74) is 7.87. The number of piperazine rings is 1. The van der Waals surface area contributed by atoms with Gasteiger partial charge in [0.2, 0.25) is 12.7 Å². The summed E-state index contributed by atoms with van der Waals surface area (Å²) in [6.07, 6.45) is 1.29. The van der Waals surface area contributed by atoms with Crippen LogP contribution in [0.25, 0.3) is 5.65 Å². The quantitative estimate of drug-likeness (QED) is 0.0887. The molecule has 0 bridgehead atoms. The molecule has 3 N–H and O–H groups in total. The lowest BCUT2D eigenvalue weighted by molar-refractivity contribution is -0.146. The highest BCUT2D eigenvalue weighted by Crippen LogP contribution is 2.41. The molecule has 3 aromatic carbocycles. The van der Waals surface area contributed by atoms with Crippen LogP contribution in [0.5, 0.6) is 0 Å². The normalized spacial score (nSPS) is 13.4. The molecule has 60 heavy (non-hydrogen) atoms. The number of aromatic nitrogens is 4. The first-order chi connectivity index (χ1) is 28.9. The van der Waals surface area contributed by atoms with Crippen molar-refractivity contribution in [1.29, 1.82) is 10.5 Å². The predicted octanol–water partition coefficient (Wildman–Crippen LogP) is 4.55. The zero-order valence-electron chi connectivity index (χ0n) is 32.4. The van der Waals surface area contributed by atoms with Gasteiger partial charge in [-0.3, -0.25) is 9.69 Å². The molecular weight excluding hydrogens is 794 g/mol. The molecule has 1 saturated heterocycles.